The Bertz CT molecular complexity index is 497. The highest BCUT2D eigenvalue weighted by molar-refractivity contribution is 7.82. The van der Waals surface area contributed by atoms with Crippen molar-refractivity contribution in [2.75, 3.05) is 19.6 Å². The smallest absolute Gasteiger partial charge is 0.127 e. The molecule has 0 saturated carbocycles. The molecule has 1 aliphatic heterocycles. The molecule has 1 saturated heterocycles. The van der Waals surface area contributed by atoms with E-state index in [-0.39, 0.29) is 6.54 Å². The summed E-state index contributed by atoms with van der Waals surface area (Å²) in [6.45, 7) is 1.05. The summed E-state index contributed by atoms with van der Waals surface area (Å²) in [5, 5.41) is 18.7. The summed E-state index contributed by atoms with van der Waals surface area (Å²) in [6, 6.07) is 8.64. The first-order chi connectivity index (χ1) is 8.58. The molecule has 0 aliphatic carbocycles. The number of aliphatic hydroxyl groups is 1. The Balaban J connectivity index is 2.11. The van der Waals surface area contributed by atoms with Gasteiger partial charge in [-0.15, -0.1) is 0 Å². The number of nitriles is 1. The van der Waals surface area contributed by atoms with Crippen molar-refractivity contribution in [2.45, 2.75) is 16.9 Å². The van der Waals surface area contributed by atoms with E-state index in [1.165, 1.54) is 0 Å². The lowest BCUT2D eigenvalue weighted by Gasteiger charge is -2.20. The second-order valence-corrected chi connectivity index (χ2v) is 5.91. The Hall–Kier alpha value is -1.26. The van der Waals surface area contributed by atoms with Crippen LogP contribution < -0.4 is 5.73 Å². The summed E-state index contributed by atoms with van der Waals surface area (Å²) in [4.78, 5) is 0.635. The van der Waals surface area contributed by atoms with Gasteiger partial charge in [0.2, 0.25) is 0 Å². The van der Waals surface area contributed by atoms with Gasteiger partial charge in [-0.1, -0.05) is 0 Å². The molecular formula is C12H15N3O2S. The van der Waals surface area contributed by atoms with Gasteiger partial charge in [0.15, 0.2) is 0 Å². The van der Waals surface area contributed by atoms with Crippen LogP contribution in [0, 0.1) is 11.3 Å². The summed E-state index contributed by atoms with van der Waals surface area (Å²) >= 11 is 0. The fourth-order valence-electron chi connectivity index (χ4n) is 1.92. The minimum Gasteiger partial charge on any atom is -0.387 e. The Morgan fingerprint density at radius 2 is 2.17 bits per heavy atom. The van der Waals surface area contributed by atoms with Crippen molar-refractivity contribution in [1.82, 2.24) is 4.31 Å². The topological polar surface area (TPSA) is 90.3 Å². The van der Waals surface area contributed by atoms with E-state index in [9.17, 15) is 9.32 Å². The quantitative estimate of drug-likeness (QED) is 0.803. The molecule has 5 nitrogen and oxygen atoms in total. The first-order valence-electron chi connectivity index (χ1n) is 5.67. The van der Waals surface area contributed by atoms with Crippen LogP contribution in [-0.2, 0) is 11.0 Å². The molecule has 0 aromatic heterocycles. The Labute approximate surface area is 108 Å². The number of β-amino-alcohol motifs (C(OH)–C–C–N with tert-alkyl or cyclic N) is 1. The maximum Gasteiger partial charge on any atom is 0.127 e. The van der Waals surface area contributed by atoms with Crippen molar-refractivity contribution < 1.29 is 9.32 Å². The molecule has 0 radical (unpaired) electrons. The zero-order valence-corrected chi connectivity index (χ0v) is 10.7. The molecule has 1 fully saturated rings. The number of hydrogen-bond acceptors (Lipinski definition) is 4. The van der Waals surface area contributed by atoms with Crippen LogP contribution in [0.3, 0.4) is 0 Å². The Morgan fingerprint density at radius 3 is 2.67 bits per heavy atom. The molecule has 3 N–H and O–H groups in total. The molecular weight excluding hydrogens is 250 g/mol. The minimum atomic E-state index is -1.31. The van der Waals surface area contributed by atoms with Crippen molar-refractivity contribution in [3.8, 4) is 6.07 Å². The summed E-state index contributed by atoms with van der Waals surface area (Å²) in [5.41, 5.74) is 5.10. The SMILES string of the molecule is N#Cc1ccc(S(=O)N2CC[C@@](O)(CN)C2)cc1. The van der Waals surface area contributed by atoms with Crippen LogP contribution in [0.25, 0.3) is 0 Å². The summed E-state index contributed by atoms with van der Waals surface area (Å²) in [5.74, 6) is 0. The third kappa shape index (κ3) is 2.60. The monoisotopic (exact) mass is 265 g/mol. The van der Waals surface area contributed by atoms with Crippen molar-refractivity contribution in [2.24, 2.45) is 5.73 Å². The number of rotatable bonds is 3. The lowest BCUT2D eigenvalue weighted by Crippen LogP contribution is -2.40. The number of nitrogens with two attached hydrogens (primary N) is 1. The molecule has 1 aromatic carbocycles. The summed E-state index contributed by atoms with van der Waals surface area (Å²) in [7, 11) is -1.31. The first kappa shape index (κ1) is 13.2. The van der Waals surface area contributed by atoms with Crippen LogP contribution in [0.4, 0.5) is 0 Å². The third-order valence-electron chi connectivity index (χ3n) is 3.10. The molecule has 2 atom stereocenters. The molecule has 0 amide bonds. The molecule has 6 heteroatoms. The fraction of sp³-hybridized carbons (Fsp3) is 0.417. The highest BCUT2D eigenvalue weighted by atomic mass is 32.2. The second kappa shape index (κ2) is 5.16. The van der Waals surface area contributed by atoms with Gasteiger partial charge in [0.25, 0.3) is 0 Å². The van der Waals surface area contributed by atoms with Gasteiger partial charge in [-0.25, -0.2) is 8.51 Å². The Kier molecular flexibility index (Phi) is 3.78. The maximum absolute atomic E-state index is 12.3. The number of hydrogen-bond donors (Lipinski definition) is 2. The van der Waals surface area contributed by atoms with Crippen molar-refractivity contribution >= 4 is 11.0 Å². The molecule has 0 spiro atoms. The zero-order chi connectivity index (χ0) is 13.2. The van der Waals surface area contributed by atoms with E-state index < -0.39 is 16.6 Å². The van der Waals surface area contributed by atoms with Crippen LogP contribution in [0.1, 0.15) is 12.0 Å². The van der Waals surface area contributed by atoms with Crippen LogP contribution in [-0.4, -0.2) is 38.9 Å². The van der Waals surface area contributed by atoms with Gasteiger partial charge in [0.1, 0.15) is 11.0 Å². The lowest BCUT2D eigenvalue weighted by molar-refractivity contribution is 0.0655. The molecule has 1 aromatic rings. The molecule has 18 heavy (non-hydrogen) atoms. The molecule has 96 valence electrons. The molecule has 1 aliphatic rings. The standard InChI is InChI=1S/C12H15N3O2S/c13-7-10-1-3-11(4-2-10)18(17)15-6-5-12(16,8-14)9-15/h1-4,16H,5-6,8-9,14H2/t12-,18?/m1/s1. The second-order valence-electron chi connectivity index (χ2n) is 4.43. The predicted molar refractivity (Wildman–Crippen MR) is 67.8 cm³/mol. The highest BCUT2D eigenvalue weighted by Crippen LogP contribution is 2.24. The van der Waals surface area contributed by atoms with E-state index in [0.29, 0.717) is 30.0 Å². The van der Waals surface area contributed by atoms with Gasteiger partial charge in [0.05, 0.1) is 22.1 Å². The Morgan fingerprint density at radius 1 is 1.50 bits per heavy atom. The number of nitrogens with zero attached hydrogens (tertiary/aromatic N) is 2. The molecule has 0 bridgehead atoms. The van der Waals surface area contributed by atoms with Crippen LogP contribution in [0.15, 0.2) is 29.2 Å². The molecule has 2 rings (SSSR count). The lowest BCUT2D eigenvalue weighted by atomic mass is 10.1. The van der Waals surface area contributed by atoms with Crippen LogP contribution >= 0.6 is 0 Å². The van der Waals surface area contributed by atoms with Crippen LogP contribution in [0.5, 0.6) is 0 Å². The minimum absolute atomic E-state index is 0.175. The van der Waals surface area contributed by atoms with E-state index in [4.69, 9.17) is 11.0 Å². The van der Waals surface area contributed by atoms with E-state index in [0.717, 1.165) is 0 Å². The zero-order valence-electron chi connectivity index (χ0n) is 9.87. The van der Waals surface area contributed by atoms with Crippen molar-refractivity contribution in [1.29, 1.82) is 5.26 Å². The van der Waals surface area contributed by atoms with E-state index >= 15 is 0 Å². The van der Waals surface area contributed by atoms with E-state index in [2.05, 4.69) is 0 Å². The highest BCUT2D eigenvalue weighted by Gasteiger charge is 2.37. The molecule has 1 heterocycles. The van der Waals surface area contributed by atoms with Gasteiger partial charge >= 0.3 is 0 Å². The van der Waals surface area contributed by atoms with E-state index in [1.807, 2.05) is 6.07 Å². The predicted octanol–water partition coefficient (Wildman–Crippen LogP) is -0.0236. The average Bonchev–Trinajstić information content (AvgIpc) is 2.81. The average molecular weight is 265 g/mol. The van der Waals surface area contributed by atoms with Crippen LogP contribution in [0.2, 0.25) is 0 Å². The van der Waals surface area contributed by atoms with Gasteiger partial charge in [0, 0.05) is 19.6 Å². The fourth-order valence-corrected chi connectivity index (χ4v) is 3.20. The largest absolute Gasteiger partial charge is 0.387 e. The van der Waals surface area contributed by atoms with Crippen molar-refractivity contribution in [3.63, 3.8) is 0 Å². The van der Waals surface area contributed by atoms with Gasteiger partial charge in [-0.2, -0.15) is 5.26 Å². The number of benzene rings is 1. The third-order valence-corrected chi connectivity index (χ3v) is 4.55. The van der Waals surface area contributed by atoms with Gasteiger partial charge in [-0.05, 0) is 30.7 Å². The van der Waals surface area contributed by atoms with Gasteiger partial charge in [-0.3, -0.25) is 0 Å². The maximum atomic E-state index is 12.3. The summed E-state index contributed by atoms with van der Waals surface area (Å²) in [6.07, 6.45) is 0.533. The van der Waals surface area contributed by atoms with E-state index in [1.54, 1.807) is 28.6 Å². The van der Waals surface area contributed by atoms with Crippen molar-refractivity contribution in [3.05, 3.63) is 29.8 Å². The molecule has 1 unspecified atom stereocenters. The van der Waals surface area contributed by atoms with Gasteiger partial charge < -0.3 is 10.8 Å². The first-order valence-corrected chi connectivity index (χ1v) is 6.78. The summed E-state index contributed by atoms with van der Waals surface area (Å²) < 4.78 is 14.0. The normalized spacial score (nSPS) is 25.8.